The summed E-state index contributed by atoms with van der Waals surface area (Å²) in [6, 6.07) is 11.1. The maximum Gasteiger partial charge on any atom is 0.255 e. The molecule has 0 aromatic heterocycles. The van der Waals surface area contributed by atoms with E-state index in [2.05, 4.69) is 5.32 Å². The first kappa shape index (κ1) is 13.1. The van der Waals surface area contributed by atoms with Gasteiger partial charge in [-0.2, -0.15) is 0 Å². The highest BCUT2D eigenvalue weighted by atomic mass is 19.1. The third-order valence-corrected chi connectivity index (χ3v) is 2.74. The smallest absolute Gasteiger partial charge is 0.255 e. The second kappa shape index (κ2) is 5.52. The van der Waals surface area contributed by atoms with Gasteiger partial charge in [0, 0.05) is 12.6 Å². The van der Waals surface area contributed by atoms with Crippen LogP contribution in [-0.2, 0) is 6.54 Å². The standard InChI is InChI=1S/C15H14FNO2/c1-10-3-2-4-11(7-10)9-17-15(19)13-6-5-12(16)8-14(13)18/h2-8,18H,9H2,1H3,(H,17,19). The third-order valence-electron chi connectivity index (χ3n) is 2.74. The number of halogens is 1. The van der Waals surface area contributed by atoms with Crippen LogP contribution in [0.2, 0.25) is 0 Å². The molecule has 0 aliphatic carbocycles. The predicted octanol–water partition coefficient (Wildman–Crippen LogP) is 2.77. The Morgan fingerprint density at radius 2 is 2.05 bits per heavy atom. The summed E-state index contributed by atoms with van der Waals surface area (Å²) in [6.45, 7) is 2.33. The van der Waals surface area contributed by atoms with Crippen molar-refractivity contribution in [3.63, 3.8) is 0 Å². The number of phenols is 1. The Morgan fingerprint density at radius 1 is 1.26 bits per heavy atom. The van der Waals surface area contributed by atoms with Gasteiger partial charge < -0.3 is 10.4 Å². The molecule has 0 spiro atoms. The van der Waals surface area contributed by atoms with E-state index in [0.717, 1.165) is 23.3 Å². The second-order valence-corrected chi connectivity index (χ2v) is 4.33. The average Bonchev–Trinajstić information content (AvgIpc) is 2.36. The van der Waals surface area contributed by atoms with E-state index >= 15 is 0 Å². The monoisotopic (exact) mass is 259 g/mol. The molecule has 2 N–H and O–H groups in total. The van der Waals surface area contributed by atoms with Crippen molar-refractivity contribution in [2.45, 2.75) is 13.5 Å². The zero-order chi connectivity index (χ0) is 13.8. The molecule has 0 fully saturated rings. The highest BCUT2D eigenvalue weighted by Gasteiger charge is 2.11. The van der Waals surface area contributed by atoms with Crippen LogP contribution in [0.3, 0.4) is 0 Å². The van der Waals surface area contributed by atoms with E-state index in [0.29, 0.717) is 6.54 Å². The van der Waals surface area contributed by atoms with E-state index in [9.17, 15) is 14.3 Å². The number of hydrogen-bond acceptors (Lipinski definition) is 2. The summed E-state index contributed by atoms with van der Waals surface area (Å²) >= 11 is 0. The Hall–Kier alpha value is -2.36. The number of aromatic hydroxyl groups is 1. The zero-order valence-electron chi connectivity index (χ0n) is 10.5. The van der Waals surface area contributed by atoms with Gasteiger partial charge in [-0.25, -0.2) is 4.39 Å². The molecule has 0 aliphatic rings. The van der Waals surface area contributed by atoms with Gasteiger partial charge in [-0.3, -0.25) is 4.79 Å². The van der Waals surface area contributed by atoms with Crippen LogP contribution in [0, 0.1) is 12.7 Å². The quantitative estimate of drug-likeness (QED) is 0.890. The summed E-state index contributed by atoms with van der Waals surface area (Å²) in [5, 5.41) is 12.2. The number of amides is 1. The molecular weight excluding hydrogens is 245 g/mol. The molecule has 0 atom stereocenters. The minimum Gasteiger partial charge on any atom is -0.507 e. The van der Waals surface area contributed by atoms with Crippen molar-refractivity contribution in [2.75, 3.05) is 0 Å². The number of phenolic OH excluding ortho intramolecular Hbond substituents is 1. The number of carbonyl (C=O) groups is 1. The van der Waals surface area contributed by atoms with Gasteiger partial charge in [0.15, 0.2) is 0 Å². The van der Waals surface area contributed by atoms with Gasteiger partial charge in [-0.1, -0.05) is 29.8 Å². The lowest BCUT2D eigenvalue weighted by Crippen LogP contribution is -2.22. The van der Waals surface area contributed by atoms with Crippen molar-refractivity contribution in [3.05, 3.63) is 65.0 Å². The summed E-state index contributed by atoms with van der Waals surface area (Å²) < 4.78 is 12.8. The summed E-state index contributed by atoms with van der Waals surface area (Å²) in [5.74, 6) is -1.37. The number of benzene rings is 2. The number of hydrogen-bond donors (Lipinski definition) is 2. The fraction of sp³-hybridized carbons (Fsp3) is 0.133. The maximum atomic E-state index is 12.8. The molecule has 2 rings (SSSR count). The van der Waals surface area contributed by atoms with E-state index in [-0.39, 0.29) is 11.3 Å². The molecule has 0 unspecified atom stereocenters. The van der Waals surface area contributed by atoms with Crippen molar-refractivity contribution >= 4 is 5.91 Å². The van der Waals surface area contributed by atoms with E-state index in [4.69, 9.17) is 0 Å². The summed E-state index contributed by atoms with van der Waals surface area (Å²) in [6.07, 6.45) is 0. The van der Waals surface area contributed by atoms with Crippen molar-refractivity contribution < 1.29 is 14.3 Å². The molecule has 0 aliphatic heterocycles. The van der Waals surface area contributed by atoms with Gasteiger partial charge in [-0.05, 0) is 24.6 Å². The van der Waals surface area contributed by atoms with Crippen LogP contribution in [0.4, 0.5) is 4.39 Å². The highest BCUT2D eigenvalue weighted by Crippen LogP contribution is 2.17. The Balaban J connectivity index is 2.05. The van der Waals surface area contributed by atoms with Crippen LogP contribution in [0.15, 0.2) is 42.5 Å². The van der Waals surface area contributed by atoms with Crippen LogP contribution in [0.1, 0.15) is 21.5 Å². The third kappa shape index (κ3) is 3.31. The largest absolute Gasteiger partial charge is 0.507 e. The average molecular weight is 259 g/mol. The molecule has 2 aromatic carbocycles. The van der Waals surface area contributed by atoms with E-state index in [1.165, 1.54) is 6.07 Å². The minimum atomic E-state index is -0.576. The molecule has 0 saturated carbocycles. The number of carbonyl (C=O) groups excluding carboxylic acids is 1. The summed E-state index contributed by atoms with van der Waals surface area (Å²) in [7, 11) is 0. The topological polar surface area (TPSA) is 49.3 Å². The molecule has 0 bridgehead atoms. The molecule has 0 heterocycles. The Morgan fingerprint density at radius 3 is 2.74 bits per heavy atom. The van der Waals surface area contributed by atoms with Crippen LogP contribution in [0.5, 0.6) is 5.75 Å². The fourth-order valence-corrected chi connectivity index (χ4v) is 1.80. The molecule has 4 heteroatoms. The van der Waals surface area contributed by atoms with Crippen molar-refractivity contribution in [1.82, 2.24) is 5.32 Å². The first-order valence-electron chi connectivity index (χ1n) is 5.88. The first-order valence-corrected chi connectivity index (χ1v) is 5.88. The summed E-state index contributed by atoms with van der Waals surface area (Å²) in [4.78, 5) is 11.8. The van der Waals surface area contributed by atoms with Crippen LogP contribution < -0.4 is 5.32 Å². The minimum absolute atomic E-state index is 0.0639. The second-order valence-electron chi connectivity index (χ2n) is 4.33. The molecule has 0 radical (unpaired) electrons. The maximum absolute atomic E-state index is 12.8. The lowest BCUT2D eigenvalue weighted by atomic mass is 10.1. The lowest BCUT2D eigenvalue weighted by Gasteiger charge is -2.07. The normalized spacial score (nSPS) is 10.2. The number of rotatable bonds is 3. The molecule has 19 heavy (non-hydrogen) atoms. The van der Waals surface area contributed by atoms with E-state index in [1.54, 1.807) is 0 Å². The highest BCUT2D eigenvalue weighted by molar-refractivity contribution is 5.96. The molecule has 1 amide bonds. The van der Waals surface area contributed by atoms with Gasteiger partial charge in [0.05, 0.1) is 5.56 Å². The Kier molecular flexibility index (Phi) is 3.80. The fourth-order valence-electron chi connectivity index (χ4n) is 1.80. The first-order chi connectivity index (χ1) is 9.06. The van der Waals surface area contributed by atoms with E-state index in [1.807, 2.05) is 31.2 Å². The van der Waals surface area contributed by atoms with Crippen molar-refractivity contribution in [1.29, 1.82) is 0 Å². The van der Waals surface area contributed by atoms with Crippen LogP contribution in [-0.4, -0.2) is 11.0 Å². The summed E-state index contributed by atoms with van der Waals surface area (Å²) in [5.41, 5.74) is 2.14. The van der Waals surface area contributed by atoms with Crippen molar-refractivity contribution in [3.8, 4) is 5.75 Å². The Labute approximate surface area is 110 Å². The SMILES string of the molecule is Cc1cccc(CNC(=O)c2ccc(F)cc2O)c1. The molecular formula is C15H14FNO2. The number of aryl methyl sites for hydroxylation is 1. The van der Waals surface area contributed by atoms with Gasteiger partial charge in [0.25, 0.3) is 5.91 Å². The molecule has 0 saturated heterocycles. The van der Waals surface area contributed by atoms with Gasteiger partial charge in [-0.15, -0.1) is 0 Å². The number of nitrogens with one attached hydrogen (secondary N) is 1. The van der Waals surface area contributed by atoms with Crippen LogP contribution >= 0.6 is 0 Å². The molecule has 3 nitrogen and oxygen atoms in total. The predicted molar refractivity (Wildman–Crippen MR) is 70.4 cm³/mol. The van der Waals surface area contributed by atoms with Gasteiger partial charge >= 0.3 is 0 Å². The lowest BCUT2D eigenvalue weighted by molar-refractivity contribution is 0.0948. The van der Waals surface area contributed by atoms with Gasteiger partial charge in [0.2, 0.25) is 0 Å². The Bertz CT molecular complexity index is 611. The van der Waals surface area contributed by atoms with Crippen molar-refractivity contribution in [2.24, 2.45) is 0 Å². The molecule has 98 valence electrons. The van der Waals surface area contributed by atoms with Gasteiger partial charge in [0.1, 0.15) is 11.6 Å². The van der Waals surface area contributed by atoms with E-state index < -0.39 is 11.7 Å². The zero-order valence-corrected chi connectivity index (χ0v) is 10.5. The van der Waals surface area contributed by atoms with Crippen LogP contribution in [0.25, 0.3) is 0 Å². The molecule has 2 aromatic rings.